The van der Waals surface area contributed by atoms with E-state index < -0.39 is 11.7 Å². The Morgan fingerprint density at radius 1 is 1.41 bits per heavy atom. The Labute approximate surface area is 105 Å². The summed E-state index contributed by atoms with van der Waals surface area (Å²) >= 11 is 1.57. The van der Waals surface area contributed by atoms with Crippen LogP contribution in [0.4, 0.5) is 0 Å². The largest absolute Gasteiger partial charge is 0.390 e. The third-order valence-corrected chi connectivity index (χ3v) is 4.20. The molecule has 0 radical (unpaired) electrons. The van der Waals surface area contributed by atoms with Crippen molar-refractivity contribution in [2.75, 3.05) is 0 Å². The van der Waals surface area contributed by atoms with Crippen LogP contribution in [-0.4, -0.2) is 26.9 Å². The lowest BCUT2D eigenvalue weighted by Gasteiger charge is -2.26. The van der Waals surface area contributed by atoms with Gasteiger partial charge in [0.1, 0.15) is 0 Å². The summed E-state index contributed by atoms with van der Waals surface area (Å²) < 4.78 is 1.12. The third kappa shape index (κ3) is 2.65. The van der Waals surface area contributed by atoms with Crippen LogP contribution in [0.15, 0.2) is 24.3 Å². The highest BCUT2D eigenvalue weighted by molar-refractivity contribution is 7.18. The van der Waals surface area contributed by atoms with Crippen molar-refractivity contribution in [3.63, 3.8) is 0 Å². The number of para-hydroxylation sites is 1. The fourth-order valence-corrected chi connectivity index (χ4v) is 2.63. The molecular formula is C13H17NO2S. The van der Waals surface area contributed by atoms with Gasteiger partial charge < -0.3 is 10.2 Å². The van der Waals surface area contributed by atoms with E-state index in [0.717, 1.165) is 15.2 Å². The molecule has 4 heteroatoms. The maximum Gasteiger partial charge on any atom is 0.0965 e. The molecule has 1 heterocycles. The zero-order valence-corrected chi connectivity index (χ0v) is 10.9. The number of rotatable bonds is 4. The Bertz CT molecular complexity index is 474. The Hall–Kier alpha value is -0.970. The average molecular weight is 251 g/mol. The molecule has 2 unspecified atom stereocenters. The number of hydrogen-bond acceptors (Lipinski definition) is 4. The lowest BCUT2D eigenvalue weighted by atomic mass is 9.94. The molecule has 0 fully saturated rings. The van der Waals surface area contributed by atoms with Gasteiger partial charge in [0, 0.05) is 6.42 Å². The number of benzene rings is 1. The summed E-state index contributed by atoms with van der Waals surface area (Å²) in [4.78, 5) is 4.45. The van der Waals surface area contributed by atoms with E-state index in [4.69, 9.17) is 0 Å². The monoisotopic (exact) mass is 251 g/mol. The minimum absolute atomic E-state index is 0.403. The predicted octanol–water partition coefficient (Wildman–Crippen LogP) is 2.36. The third-order valence-electron chi connectivity index (χ3n) is 3.14. The SMILES string of the molecule is CCC(C)(O)C(O)Cc1nc2ccccc2s1. The van der Waals surface area contributed by atoms with Crippen LogP contribution < -0.4 is 0 Å². The molecule has 0 spiro atoms. The molecule has 2 atom stereocenters. The molecule has 0 aliphatic heterocycles. The average Bonchev–Trinajstić information content (AvgIpc) is 2.70. The molecule has 17 heavy (non-hydrogen) atoms. The lowest BCUT2D eigenvalue weighted by Crippen LogP contribution is -2.39. The Morgan fingerprint density at radius 3 is 2.76 bits per heavy atom. The summed E-state index contributed by atoms with van der Waals surface area (Å²) in [5.41, 5.74) is -0.0893. The summed E-state index contributed by atoms with van der Waals surface area (Å²) in [5, 5.41) is 20.8. The molecule has 1 aromatic carbocycles. The topological polar surface area (TPSA) is 53.4 Å². The summed E-state index contributed by atoms with van der Waals surface area (Å²) in [5.74, 6) is 0. The van der Waals surface area contributed by atoms with Crippen molar-refractivity contribution in [3.8, 4) is 0 Å². The quantitative estimate of drug-likeness (QED) is 0.877. The molecule has 0 aliphatic rings. The summed E-state index contributed by atoms with van der Waals surface area (Å²) in [7, 11) is 0. The van der Waals surface area contributed by atoms with E-state index in [0.29, 0.717) is 12.8 Å². The first-order valence-electron chi connectivity index (χ1n) is 5.78. The zero-order valence-electron chi connectivity index (χ0n) is 10.1. The molecule has 1 aromatic heterocycles. The summed E-state index contributed by atoms with van der Waals surface area (Å²) in [6, 6.07) is 7.90. The van der Waals surface area contributed by atoms with Gasteiger partial charge in [-0.25, -0.2) is 4.98 Å². The smallest absolute Gasteiger partial charge is 0.0965 e. The second-order valence-electron chi connectivity index (χ2n) is 4.51. The van der Waals surface area contributed by atoms with Gasteiger partial charge >= 0.3 is 0 Å². The van der Waals surface area contributed by atoms with Gasteiger partial charge in [0.25, 0.3) is 0 Å². The van der Waals surface area contributed by atoms with Crippen LogP contribution in [0.3, 0.4) is 0 Å². The number of thiazole rings is 1. The highest BCUT2D eigenvalue weighted by atomic mass is 32.1. The van der Waals surface area contributed by atoms with Gasteiger partial charge in [-0.3, -0.25) is 0 Å². The van der Waals surface area contributed by atoms with E-state index in [1.165, 1.54) is 0 Å². The second-order valence-corrected chi connectivity index (χ2v) is 5.62. The first kappa shape index (κ1) is 12.5. The number of aliphatic hydroxyl groups is 2. The van der Waals surface area contributed by atoms with Crippen LogP contribution in [0.5, 0.6) is 0 Å². The van der Waals surface area contributed by atoms with Gasteiger partial charge in [-0.15, -0.1) is 11.3 Å². The van der Waals surface area contributed by atoms with Crippen molar-refractivity contribution < 1.29 is 10.2 Å². The van der Waals surface area contributed by atoms with Crippen LogP contribution in [0.1, 0.15) is 25.3 Å². The highest BCUT2D eigenvalue weighted by Crippen LogP contribution is 2.25. The number of hydrogen-bond donors (Lipinski definition) is 2. The van der Waals surface area contributed by atoms with E-state index in [1.807, 2.05) is 31.2 Å². The molecular weight excluding hydrogens is 234 g/mol. The number of aromatic nitrogens is 1. The van der Waals surface area contributed by atoms with Gasteiger partial charge in [-0.05, 0) is 25.5 Å². The molecule has 3 nitrogen and oxygen atoms in total. The summed E-state index contributed by atoms with van der Waals surface area (Å²) in [6.45, 7) is 3.52. The van der Waals surface area contributed by atoms with Gasteiger partial charge in [-0.1, -0.05) is 19.1 Å². The van der Waals surface area contributed by atoms with Gasteiger partial charge in [0.15, 0.2) is 0 Å². The van der Waals surface area contributed by atoms with Crippen LogP contribution >= 0.6 is 11.3 Å². The van der Waals surface area contributed by atoms with Crippen molar-refractivity contribution in [1.29, 1.82) is 0 Å². The van der Waals surface area contributed by atoms with Crippen LogP contribution in [0, 0.1) is 0 Å². The van der Waals surface area contributed by atoms with Crippen LogP contribution in [0.25, 0.3) is 10.2 Å². The number of aliphatic hydroxyl groups excluding tert-OH is 1. The minimum Gasteiger partial charge on any atom is -0.390 e. The summed E-state index contributed by atoms with van der Waals surface area (Å²) in [6.07, 6.45) is 0.159. The first-order valence-corrected chi connectivity index (χ1v) is 6.59. The maximum absolute atomic E-state index is 9.97. The highest BCUT2D eigenvalue weighted by Gasteiger charge is 2.29. The molecule has 2 N–H and O–H groups in total. The second kappa shape index (κ2) is 4.72. The molecule has 92 valence electrons. The zero-order chi connectivity index (χ0) is 12.5. The lowest BCUT2D eigenvalue weighted by molar-refractivity contribution is -0.0629. The molecule has 2 rings (SSSR count). The van der Waals surface area contributed by atoms with Crippen molar-refractivity contribution >= 4 is 21.6 Å². The van der Waals surface area contributed by atoms with Crippen molar-refractivity contribution in [1.82, 2.24) is 4.98 Å². The number of fused-ring (bicyclic) bond motifs is 1. The molecule has 0 amide bonds. The standard InChI is InChI=1S/C13H17NO2S/c1-3-13(2,16)11(15)8-12-14-9-6-4-5-7-10(9)17-12/h4-7,11,15-16H,3,8H2,1-2H3. The first-order chi connectivity index (χ1) is 8.03. The van der Waals surface area contributed by atoms with E-state index in [9.17, 15) is 10.2 Å². The molecule has 0 saturated heterocycles. The number of nitrogens with zero attached hydrogens (tertiary/aromatic N) is 1. The maximum atomic E-state index is 9.97. The minimum atomic E-state index is -1.04. The molecule has 0 aliphatic carbocycles. The molecule has 0 saturated carbocycles. The van der Waals surface area contributed by atoms with Gasteiger partial charge in [-0.2, -0.15) is 0 Å². The van der Waals surface area contributed by atoms with E-state index in [2.05, 4.69) is 4.98 Å². The van der Waals surface area contributed by atoms with Crippen LogP contribution in [0.2, 0.25) is 0 Å². The Morgan fingerprint density at radius 2 is 2.12 bits per heavy atom. The predicted molar refractivity (Wildman–Crippen MR) is 70.2 cm³/mol. The molecule has 2 aromatic rings. The van der Waals surface area contributed by atoms with Crippen LogP contribution in [-0.2, 0) is 6.42 Å². The van der Waals surface area contributed by atoms with Crippen molar-refractivity contribution in [2.45, 2.75) is 38.4 Å². The van der Waals surface area contributed by atoms with E-state index in [1.54, 1.807) is 18.3 Å². The normalized spacial score (nSPS) is 16.9. The molecule has 0 bridgehead atoms. The Kier molecular flexibility index (Phi) is 3.47. The Balaban J connectivity index is 2.18. The fraction of sp³-hybridized carbons (Fsp3) is 0.462. The van der Waals surface area contributed by atoms with Crippen molar-refractivity contribution in [2.24, 2.45) is 0 Å². The van der Waals surface area contributed by atoms with Gasteiger partial charge in [0.2, 0.25) is 0 Å². The van der Waals surface area contributed by atoms with E-state index in [-0.39, 0.29) is 0 Å². The van der Waals surface area contributed by atoms with Crippen molar-refractivity contribution in [3.05, 3.63) is 29.3 Å². The van der Waals surface area contributed by atoms with E-state index >= 15 is 0 Å². The fourth-order valence-electron chi connectivity index (χ4n) is 1.63. The van der Waals surface area contributed by atoms with Gasteiger partial charge in [0.05, 0.1) is 26.9 Å².